The molecule has 1 aliphatic rings. The smallest absolute Gasteiger partial charge is 0.326 e. The second-order valence-corrected chi connectivity index (χ2v) is 20.0. The molecule has 0 saturated carbocycles. The third kappa shape index (κ3) is 22.5. The van der Waals surface area contributed by atoms with Gasteiger partial charge in [0.1, 0.15) is 54.1 Å². The van der Waals surface area contributed by atoms with Crippen LogP contribution in [0.2, 0.25) is 0 Å². The van der Waals surface area contributed by atoms with Crippen molar-refractivity contribution >= 4 is 65.2 Å². The summed E-state index contributed by atoms with van der Waals surface area (Å²) >= 11 is 0. The molecule has 18 N–H and O–H groups in total. The zero-order valence-corrected chi connectivity index (χ0v) is 45.2. The maximum absolute atomic E-state index is 14.3. The fraction of sp³-hybridized carbons (Fsp3) is 0.667. The number of hydrogen-bond acceptors (Lipinski definition) is 16. The average Bonchev–Trinajstić information content (AvgIpc) is 3.88. The lowest BCUT2D eigenvalue weighted by molar-refractivity contribution is -0.144. The van der Waals surface area contributed by atoms with Crippen LogP contribution < -0.4 is 54.4 Å². The number of aliphatic hydroxyl groups is 1. The fourth-order valence-electron chi connectivity index (χ4n) is 8.49. The van der Waals surface area contributed by atoms with Crippen LogP contribution in [0, 0.1) is 11.8 Å². The van der Waals surface area contributed by atoms with Crippen molar-refractivity contribution in [2.75, 3.05) is 19.6 Å². The van der Waals surface area contributed by atoms with E-state index < -0.39 is 157 Å². The molecule has 0 aliphatic carbocycles. The lowest BCUT2D eigenvalue weighted by Crippen LogP contribution is -2.63. The number of rotatable bonds is 36. The van der Waals surface area contributed by atoms with Gasteiger partial charge in [-0.2, -0.15) is 0 Å². The van der Waals surface area contributed by atoms with Gasteiger partial charge in [0.05, 0.1) is 12.1 Å². The molecule has 1 saturated heterocycles. The van der Waals surface area contributed by atoms with E-state index in [1.165, 1.54) is 31.2 Å². The predicted molar refractivity (Wildman–Crippen MR) is 281 cm³/mol. The zero-order valence-electron chi connectivity index (χ0n) is 45.2. The van der Waals surface area contributed by atoms with Crippen molar-refractivity contribution in [1.29, 1.82) is 0 Å². The molecule has 1 aromatic rings. The first kappa shape index (κ1) is 67.1. The number of carbonyl (C=O) groups excluding carboxylic acids is 8. The maximum Gasteiger partial charge on any atom is 0.326 e. The van der Waals surface area contributed by atoms with Crippen LogP contribution in [-0.2, 0) is 59.2 Å². The summed E-state index contributed by atoms with van der Waals surface area (Å²) in [5.41, 5.74) is 17.8. The summed E-state index contributed by atoms with van der Waals surface area (Å²) < 4.78 is 0. The Morgan fingerprint density at radius 2 is 1.09 bits per heavy atom. The quantitative estimate of drug-likeness (QED) is 0.0317. The molecular weight excluding hydrogens is 1020 g/mol. The Kier molecular flexibility index (Phi) is 29.3. The lowest BCUT2D eigenvalue weighted by atomic mass is 9.95. The first-order valence-electron chi connectivity index (χ1n) is 26.5. The third-order valence-electron chi connectivity index (χ3n) is 13.4. The first-order chi connectivity index (χ1) is 36.8. The first-order valence-corrected chi connectivity index (χ1v) is 26.5. The molecule has 78 heavy (non-hydrogen) atoms. The fourth-order valence-corrected chi connectivity index (χ4v) is 8.49. The number of carboxylic acids is 3. The number of carbonyl (C=O) groups is 11. The largest absolute Gasteiger partial charge is 0.508 e. The van der Waals surface area contributed by atoms with E-state index in [4.69, 9.17) is 22.3 Å². The van der Waals surface area contributed by atoms with E-state index in [-0.39, 0.29) is 63.9 Å². The number of aliphatic carboxylic acids is 3. The highest BCUT2D eigenvalue weighted by Crippen LogP contribution is 2.21. The second kappa shape index (κ2) is 34.0. The molecule has 27 nitrogen and oxygen atoms in total. The van der Waals surface area contributed by atoms with Gasteiger partial charge in [0, 0.05) is 25.8 Å². The monoisotopic (exact) mass is 1110 g/mol. The summed E-state index contributed by atoms with van der Waals surface area (Å²) in [7, 11) is 0. The Bertz CT molecular complexity index is 2200. The summed E-state index contributed by atoms with van der Waals surface area (Å²) in [6, 6.07) is -6.72. The van der Waals surface area contributed by atoms with Gasteiger partial charge in [-0.3, -0.25) is 47.9 Å². The molecule has 1 aromatic carbocycles. The molecule has 8 amide bonds. The predicted octanol–water partition coefficient (Wildman–Crippen LogP) is -2.20. The Hall–Kier alpha value is -6.97. The molecule has 0 bridgehead atoms. The number of aliphatic hydroxyl groups excluding tert-OH is 1. The van der Waals surface area contributed by atoms with Crippen molar-refractivity contribution in [3.8, 4) is 5.75 Å². The van der Waals surface area contributed by atoms with E-state index in [0.29, 0.717) is 37.7 Å². The average molecular weight is 1110 g/mol. The number of nitrogens with one attached hydrogen (secondary N) is 7. The van der Waals surface area contributed by atoms with Crippen LogP contribution in [0.1, 0.15) is 124 Å². The van der Waals surface area contributed by atoms with Gasteiger partial charge >= 0.3 is 17.9 Å². The van der Waals surface area contributed by atoms with Crippen LogP contribution in [-0.4, -0.2) is 176 Å². The minimum atomic E-state index is -1.71. The van der Waals surface area contributed by atoms with E-state index in [1.807, 2.05) is 0 Å². The summed E-state index contributed by atoms with van der Waals surface area (Å²) in [6.07, 6.45) is -1.02. The standard InChI is InChI=1S/C51H83N11O16/c1-6-28(4)41(48(74)56-34(13-8-10-24-53)44(70)55-33(12-7-9-23-52)45(71)58-36(51(77)78)26-30-15-17-31(64)18-16-30)60-47(73)40(27(2)3)59-49(75)42(29(5)63)61-46(72)37-14-11-25-62(37)50(76)35(20-22-39(67)68)57-43(69)32(54)19-21-38(65)66/h15-18,27-29,32-37,40-42,63-64H,6-14,19-26,52-54H2,1-5H3,(H,55,70)(H,56,74)(H,57,69)(H,58,71)(H,59,75)(H,60,73)(H,61,72)(H,65,66)(H,67,68)(H,77,78)/t28-,29+,32-,33-,34-,35-,36-,37-,40-,41-,42-/m0/s1. The molecule has 11 atom stereocenters. The van der Waals surface area contributed by atoms with Crippen LogP contribution in [0.4, 0.5) is 0 Å². The van der Waals surface area contributed by atoms with Gasteiger partial charge in [-0.1, -0.05) is 46.2 Å². The maximum atomic E-state index is 14.3. The molecule has 2 rings (SSSR count). The molecule has 0 spiro atoms. The van der Waals surface area contributed by atoms with E-state index in [9.17, 15) is 73.2 Å². The Balaban J connectivity index is 2.33. The van der Waals surface area contributed by atoms with Gasteiger partial charge in [0.25, 0.3) is 0 Å². The van der Waals surface area contributed by atoms with E-state index in [0.717, 1.165) is 4.90 Å². The molecule has 0 aromatic heterocycles. The Morgan fingerprint density at radius 1 is 0.603 bits per heavy atom. The summed E-state index contributed by atoms with van der Waals surface area (Å²) in [5, 5.41) is 66.7. The zero-order chi connectivity index (χ0) is 58.8. The van der Waals surface area contributed by atoms with Gasteiger partial charge in [-0.25, -0.2) is 4.79 Å². The van der Waals surface area contributed by atoms with Crippen LogP contribution in [0.3, 0.4) is 0 Å². The van der Waals surface area contributed by atoms with Gasteiger partial charge in [-0.05, 0) is 114 Å². The highest BCUT2D eigenvalue weighted by Gasteiger charge is 2.41. The highest BCUT2D eigenvalue weighted by molar-refractivity contribution is 5.98. The van der Waals surface area contributed by atoms with Crippen molar-refractivity contribution in [3.63, 3.8) is 0 Å². The van der Waals surface area contributed by atoms with Crippen LogP contribution in [0.5, 0.6) is 5.75 Å². The molecule has 0 radical (unpaired) electrons. The topological polar surface area (TPSA) is 454 Å². The minimum absolute atomic E-state index is 0.0155. The Labute approximate surface area is 453 Å². The van der Waals surface area contributed by atoms with Gasteiger partial charge in [-0.15, -0.1) is 0 Å². The highest BCUT2D eigenvalue weighted by atomic mass is 16.4. The molecule has 0 unspecified atom stereocenters. The molecule has 438 valence electrons. The summed E-state index contributed by atoms with van der Waals surface area (Å²) in [6.45, 7) is 8.30. The molecule has 1 aliphatic heterocycles. The number of unbranched alkanes of at least 4 members (excludes halogenated alkanes) is 2. The lowest BCUT2D eigenvalue weighted by Gasteiger charge is -2.32. The number of likely N-dealkylation sites (tertiary alicyclic amines) is 1. The second-order valence-electron chi connectivity index (χ2n) is 20.0. The number of phenols is 1. The molecule has 1 heterocycles. The van der Waals surface area contributed by atoms with Crippen LogP contribution in [0.15, 0.2) is 24.3 Å². The molecule has 27 heteroatoms. The van der Waals surface area contributed by atoms with Crippen molar-refractivity contribution in [3.05, 3.63) is 29.8 Å². The van der Waals surface area contributed by atoms with Gasteiger partial charge in [0.15, 0.2) is 0 Å². The Morgan fingerprint density at radius 3 is 1.59 bits per heavy atom. The number of carboxylic acid groups (broad SMARTS) is 3. The van der Waals surface area contributed by atoms with E-state index in [1.54, 1.807) is 27.7 Å². The van der Waals surface area contributed by atoms with Crippen molar-refractivity contribution < 1.29 is 78.3 Å². The minimum Gasteiger partial charge on any atom is -0.508 e. The van der Waals surface area contributed by atoms with Gasteiger partial charge < -0.3 is 84.9 Å². The summed E-state index contributed by atoms with van der Waals surface area (Å²) in [5.74, 6) is -12.1. The number of amides is 8. The van der Waals surface area contributed by atoms with E-state index in [2.05, 4.69) is 37.2 Å². The van der Waals surface area contributed by atoms with Gasteiger partial charge in [0.2, 0.25) is 47.3 Å². The van der Waals surface area contributed by atoms with Crippen molar-refractivity contribution in [2.24, 2.45) is 29.0 Å². The number of aromatic hydroxyl groups is 1. The SMILES string of the molecule is CC[C@H](C)[C@H](NC(=O)[C@@H](NC(=O)[C@@H](NC(=O)[C@@H]1CCCN1C(=O)[C@H](CCC(=O)O)NC(=O)[C@@H](N)CCC(=O)O)[C@@H](C)O)C(C)C)C(=O)N[C@@H](CCCCN)C(=O)N[C@@H](CCCCN)C(=O)N[C@@H](Cc1ccc(O)cc1)C(=O)O. The number of hydrogen-bond donors (Lipinski definition) is 15. The van der Waals surface area contributed by atoms with E-state index >= 15 is 0 Å². The number of benzene rings is 1. The number of nitrogens with zero attached hydrogens (tertiary/aromatic N) is 1. The van der Waals surface area contributed by atoms with Crippen LogP contribution >= 0.6 is 0 Å². The number of nitrogens with two attached hydrogens (primary N) is 3. The third-order valence-corrected chi connectivity index (χ3v) is 13.4. The molecular formula is C51H83N11O16. The number of phenolic OH excluding ortho intramolecular Hbond substituents is 1. The molecule has 1 fully saturated rings. The van der Waals surface area contributed by atoms with Crippen molar-refractivity contribution in [2.45, 2.75) is 185 Å². The van der Waals surface area contributed by atoms with Crippen molar-refractivity contribution in [1.82, 2.24) is 42.1 Å². The summed E-state index contributed by atoms with van der Waals surface area (Å²) in [4.78, 5) is 147. The van der Waals surface area contributed by atoms with Crippen LogP contribution in [0.25, 0.3) is 0 Å². The normalized spacial score (nSPS) is 17.1.